The Labute approximate surface area is 232 Å². The molecule has 3 amide bonds. The number of hydrogen-bond donors (Lipinski definition) is 3. The molecule has 0 bridgehead atoms. The summed E-state index contributed by atoms with van der Waals surface area (Å²) in [6.45, 7) is 11.8. The third-order valence-electron chi connectivity index (χ3n) is 5.79. The minimum atomic E-state index is -0.971. The molecule has 0 heterocycles. The fourth-order valence-corrected chi connectivity index (χ4v) is 4.19. The van der Waals surface area contributed by atoms with Crippen molar-refractivity contribution in [2.24, 2.45) is 0 Å². The van der Waals surface area contributed by atoms with E-state index in [0.717, 1.165) is 24.0 Å². The van der Waals surface area contributed by atoms with E-state index in [9.17, 15) is 14.4 Å². The summed E-state index contributed by atoms with van der Waals surface area (Å²) >= 11 is 4.34. The number of unbranched alkanes of at least 4 members (excludes halogenated alkanes) is 2. The molecule has 206 valence electrons. The van der Waals surface area contributed by atoms with Crippen molar-refractivity contribution in [3.63, 3.8) is 0 Å². The molecule has 0 radical (unpaired) electrons. The molecule has 0 spiro atoms. The van der Waals surface area contributed by atoms with Gasteiger partial charge in [0.2, 0.25) is 11.8 Å². The van der Waals surface area contributed by atoms with Gasteiger partial charge in [-0.05, 0) is 49.9 Å². The smallest absolute Gasteiger partial charge is 0.408 e. The third-order valence-corrected chi connectivity index (χ3v) is 6.15. The first-order valence-electron chi connectivity index (χ1n) is 13.0. The second-order valence-corrected chi connectivity index (χ2v) is 10.5. The van der Waals surface area contributed by atoms with Crippen molar-refractivity contribution >= 4 is 36.6 Å². The van der Waals surface area contributed by atoms with E-state index in [1.807, 2.05) is 54.6 Å². The predicted molar refractivity (Wildman–Crippen MR) is 156 cm³/mol. The molecule has 2 unspecified atom stereocenters. The van der Waals surface area contributed by atoms with E-state index in [2.05, 4.69) is 36.8 Å². The van der Waals surface area contributed by atoms with Crippen LogP contribution < -0.4 is 10.6 Å². The zero-order valence-corrected chi connectivity index (χ0v) is 23.8. The Morgan fingerprint density at radius 1 is 1.08 bits per heavy atom. The highest BCUT2D eigenvalue weighted by atomic mass is 32.1. The van der Waals surface area contributed by atoms with Crippen LogP contribution in [0.1, 0.15) is 69.7 Å². The molecule has 8 heteroatoms. The molecule has 2 aromatic rings. The normalized spacial score (nSPS) is 12.7. The highest BCUT2D eigenvalue weighted by Crippen LogP contribution is 2.25. The van der Waals surface area contributed by atoms with E-state index in [1.165, 1.54) is 0 Å². The molecule has 0 saturated heterocycles. The lowest BCUT2D eigenvalue weighted by Crippen LogP contribution is -2.54. The van der Waals surface area contributed by atoms with Crippen molar-refractivity contribution in [3.8, 4) is 0 Å². The van der Waals surface area contributed by atoms with Gasteiger partial charge in [0.1, 0.15) is 17.7 Å². The quantitative estimate of drug-likeness (QED) is 0.231. The molecule has 2 aromatic carbocycles. The number of rotatable bonds is 13. The number of benzene rings is 2. The van der Waals surface area contributed by atoms with Crippen LogP contribution in [0.2, 0.25) is 0 Å². The molecule has 7 nitrogen and oxygen atoms in total. The minimum Gasteiger partial charge on any atom is -0.444 e. The summed E-state index contributed by atoms with van der Waals surface area (Å²) in [6, 6.07) is 15.1. The molecule has 0 aliphatic heterocycles. The first-order valence-corrected chi connectivity index (χ1v) is 13.7. The van der Waals surface area contributed by atoms with Gasteiger partial charge in [-0.25, -0.2) is 4.79 Å². The van der Waals surface area contributed by atoms with Gasteiger partial charge in [0, 0.05) is 18.8 Å². The van der Waals surface area contributed by atoms with Crippen LogP contribution in [0.15, 0.2) is 61.2 Å². The molecule has 2 rings (SSSR count). The first kappa shape index (κ1) is 31.0. The number of ether oxygens (including phenoxy) is 1. The minimum absolute atomic E-state index is 0.0490. The highest BCUT2D eigenvalue weighted by Gasteiger charge is 2.35. The molecule has 2 atom stereocenters. The second-order valence-electron chi connectivity index (χ2n) is 10.1. The van der Waals surface area contributed by atoms with Gasteiger partial charge >= 0.3 is 6.09 Å². The van der Waals surface area contributed by atoms with Crippen LogP contribution in [0.4, 0.5) is 4.79 Å². The molecular formula is C30H41N3O4S. The molecular weight excluding hydrogens is 498 g/mol. The Morgan fingerprint density at radius 2 is 1.79 bits per heavy atom. The zero-order valence-electron chi connectivity index (χ0n) is 22.9. The highest BCUT2D eigenvalue weighted by molar-refractivity contribution is 7.80. The van der Waals surface area contributed by atoms with Crippen LogP contribution in [0, 0.1) is 0 Å². The molecule has 2 N–H and O–H groups in total. The van der Waals surface area contributed by atoms with E-state index in [-0.39, 0.29) is 11.7 Å². The van der Waals surface area contributed by atoms with Crippen LogP contribution in [0.3, 0.4) is 0 Å². The monoisotopic (exact) mass is 539 g/mol. The lowest BCUT2D eigenvalue weighted by molar-refractivity contribution is -0.142. The van der Waals surface area contributed by atoms with Crippen LogP contribution in [-0.4, -0.2) is 46.7 Å². The Balaban J connectivity index is 2.44. The van der Waals surface area contributed by atoms with Crippen molar-refractivity contribution in [1.29, 1.82) is 0 Å². The number of hydrogen-bond acceptors (Lipinski definition) is 5. The topological polar surface area (TPSA) is 87.7 Å². The standard InChI is InChI=1S/C30H41N3O4S/c1-6-8-12-18-33(28(35)25(21-38)32-29(36)37-30(3,4)5)26(24-17-13-16-22(7-2)19-24)27(34)31-20-23-14-10-9-11-15-23/h7,9-11,13-17,19,25-26,38H,2,6,8,12,18,20-21H2,1,3-5H3,(H,31,34)(H,32,36). The molecule has 38 heavy (non-hydrogen) atoms. The van der Waals surface area contributed by atoms with Gasteiger partial charge in [-0.1, -0.05) is 81.0 Å². The van der Waals surface area contributed by atoms with Crippen molar-refractivity contribution in [2.75, 3.05) is 12.3 Å². The number of thiol groups is 1. The van der Waals surface area contributed by atoms with Crippen molar-refractivity contribution in [3.05, 3.63) is 77.9 Å². The van der Waals surface area contributed by atoms with Gasteiger partial charge in [-0.15, -0.1) is 0 Å². The van der Waals surface area contributed by atoms with Crippen LogP contribution >= 0.6 is 12.6 Å². The number of alkyl carbamates (subject to hydrolysis) is 1. The Morgan fingerprint density at radius 3 is 2.39 bits per heavy atom. The lowest BCUT2D eigenvalue weighted by Gasteiger charge is -2.34. The van der Waals surface area contributed by atoms with Crippen LogP contribution in [0.5, 0.6) is 0 Å². The predicted octanol–water partition coefficient (Wildman–Crippen LogP) is 5.53. The third kappa shape index (κ3) is 9.89. The maximum absolute atomic E-state index is 13.9. The van der Waals surface area contributed by atoms with Crippen LogP contribution in [0.25, 0.3) is 6.08 Å². The van der Waals surface area contributed by atoms with Crippen molar-refractivity contribution < 1.29 is 19.1 Å². The molecule has 0 aliphatic rings. The van der Waals surface area contributed by atoms with Gasteiger partial charge < -0.3 is 20.3 Å². The number of nitrogens with zero attached hydrogens (tertiary/aromatic N) is 1. The Bertz CT molecular complexity index is 1070. The number of nitrogens with one attached hydrogen (secondary N) is 2. The second kappa shape index (κ2) is 15.2. The van der Waals surface area contributed by atoms with E-state index in [1.54, 1.807) is 31.7 Å². The number of amides is 3. The van der Waals surface area contributed by atoms with Crippen molar-refractivity contribution in [2.45, 2.75) is 71.2 Å². The molecule has 0 aliphatic carbocycles. The Hall–Kier alpha value is -3.26. The van der Waals surface area contributed by atoms with Gasteiger partial charge in [0.25, 0.3) is 0 Å². The fourth-order valence-electron chi connectivity index (χ4n) is 3.94. The van der Waals surface area contributed by atoms with E-state index < -0.39 is 29.7 Å². The number of carbonyl (C=O) groups is 3. The fraction of sp³-hybridized carbons (Fsp3) is 0.433. The summed E-state index contributed by atoms with van der Waals surface area (Å²) in [5.41, 5.74) is 1.72. The maximum atomic E-state index is 13.9. The summed E-state index contributed by atoms with van der Waals surface area (Å²) < 4.78 is 5.36. The summed E-state index contributed by atoms with van der Waals surface area (Å²) in [4.78, 5) is 41.7. The zero-order chi connectivity index (χ0) is 28.1. The average Bonchev–Trinajstić information content (AvgIpc) is 2.89. The number of carbonyl (C=O) groups excluding carboxylic acids is 3. The SMILES string of the molecule is C=Cc1cccc(C(C(=O)NCc2ccccc2)N(CCCCC)C(=O)C(CS)NC(=O)OC(C)(C)C)c1. The maximum Gasteiger partial charge on any atom is 0.408 e. The largest absolute Gasteiger partial charge is 0.444 e. The van der Waals surface area contributed by atoms with E-state index in [0.29, 0.717) is 25.1 Å². The van der Waals surface area contributed by atoms with Gasteiger partial charge in [-0.3, -0.25) is 9.59 Å². The summed E-state index contributed by atoms with van der Waals surface area (Å²) in [5, 5.41) is 5.64. The molecule has 0 fully saturated rings. The average molecular weight is 540 g/mol. The van der Waals surface area contributed by atoms with Crippen LogP contribution in [-0.2, 0) is 20.9 Å². The van der Waals surface area contributed by atoms with Gasteiger partial charge in [0.15, 0.2) is 0 Å². The lowest BCUT2D eigenvalue weighted by atomic mass is 10.00. The summed E-state index contributed by atoms with van der Waals surface area (Å²) in [7, 11) is 0. The van der Waals surface area contributed by atoms with Crippen molar-refractivity contribution in [1.82, 2.24) is 15.5 Å². The van der Waals surface area contributed by atoms with Gasteiger partial charge in [0.05, 0.1) is 0 Å². The van der Waals surface area contributed by atoms with E-state index in [4.69, 9.17) is 4.74 Å². The summed E-state index contributed by atoms with van der Waals surface area (Å²) in [6.07, 6.45) is 3.53. The molecule has 0 aromatic heterocycles. The first-order chi connectivity index (χ1) is 18.1. The van der Waals surface area contributed by atoms with E-state index >= 15 is 0 Å². The van der Waals surface area contributed by atoms with Gasteiger partial charge in [-0.2, -0.15) is 12.6 Å². The molecule has 0 saturated carbocycles. The summed E-state index contributed by atoms with van der Waals surface area (Å²) in [5.74, 6) is -0.658. The Kier molecular flexibility index (Phi) is 12.4.